The van der Waals surface area contributed by atoms with Crippen LogP contribution in [0.2, 0.25) is 0 Å². The van der Waals surface area contributed by atoms with E-state index in [1.165, 1.54) is 19.2 Å². The van der Waals surface area contributed by atoms with Gasteiger partial charge in [-0.25, -0.2) is 4.79 Å². The molecule has 0 saturated heterocycles. The molecule has 148 valence electrons. The Morgan fingerprint density at radius 1 is 1.11 bits per heavy atom. The molecule has 0 heterocycles. The standard InChI is InChI=1S/C20H22N2O6/c1-4-21(5-2)19(23)18(14-9-7-6-8-10-14)28-20(24)15-11-12-17(27-3)16(13-15)22(25)26/h6-13,18H,4-5H2,1-3H3/t18-/m0/s1. The summed E-state index contributed by atoms with van der Waals surface area (Å²) in [5.41, 5.74) is 0.125. The molecule has 8 heteroatoms. The topological polar surface area (TPSA) is 99.0 Å². The maximum absolute atomic E-state index is 12.9. The smallest absolute Gasteiger partial charge is 0.339 e. The summed E-state index contributed by atoms with van der Waals surface area (Å²) in [5, 5.41) is 11.2. The Morgan fingerprint density at radius 2 is 1.75 bits per heavy atom. The van der Waals surface area contributed by atoms with E-state index in [4.69, 9.17) is 9.47 Å². The number of nitro benzene ring substituents is 1. The lowest BCUT2D eigenvalue weighted by molar-refractivity contribution is -0.385. The number of nitrogens with zero attached hydrogens (tertiary/aromatic N) is 2. The number of ether oxygens (including phenoxy) is 2. The molecule has 2 aromatic carbocycles. The minimum Gasteiger partial charge on any atom is -0.490 e. The molecule has 28 heavy (non-hydrogen) atoms. The van der Waals surface area contributed by atoms with Gasteiger partial charge in [0.2, 0.25) is 6.10 Å². The van der Waals surface area contributed by atoms with Crippen molar-refractivity contribution in [1.82, 2.24) is 4.90 Å². The van der Waals surface area contributed by atoms with Crippen molar-refractivity contribution in [2.75, 3.05) is 20.2 Å². The van der Waals surface area contributed by atoms with Gasteiger partial charge in [-0.05, 0) is 26.0 Å². The molecule has 0 unspecified atom stereocenters. The van der Waals surface area contributed by atoms with E-state index in [2.05, 4.69) is 0 Å². The Bertz CT molecular complexity index is 849. The van der Waals surface area contributed by atoms with Gasteiger partial charge in [0.15, 0.2) is 5.75 Å². The maximum Gasteiger partial charge on any atom is 0.339 e. The Balaban J connectivity index is 2.36. The first-order valence-electron chi connectivity index (χ1n) is 8.80. The fourth-order valence-corrected chi connectivity index (χ4v) is 2.72. The number of carbonyl (C=O) groups excluding carboxylic acids is 2. The van der Waals surface area contributed by atoms with E-state index in [0.717, 1.165) is 6.07 Å². The van der Waals surface area contributed by atoms with Crippen LogP contribution in [-0.4, -0.2) is 41.9 Å². The molecule has 8 nitrogen and oxygen atoms in total. The van der Waals surface area contributed by atoms with Crippen molar-refractivity contribution in [2.45, 2.75) is 20.0 Å². The van der Waals surface area contributed by atoms with Gasteiger partial charge in [0, 0.05) is 24.7 Å². The predicted molar refractivity (Wildman–Crippen MR) is 102 cm³/mol. The quantitative estimate of drug-likeness (QED) is 0.392. The van der Waals surface area contributed by atoms with Crippen LogP contribution in [0.15, 0.2) is 48.5 Å². The van der Waals surface area contributed by atoms with Gasteiger partial charge in [-0.15, -0.1) is 0 Å². The lowest BCUT2D eigenvalue weighted by Gasteiger charge is -2.25. The van der Waals surface area contributed by atoms with Crippen LogP contribution in [0.5, 0.6) is 5.75 Å². The van der Waals surface area contributed by atoms with E-state index < -0.39 is 17.0 Å². The normalized spacial score (nSPS) is 11.4. The summed E-state index contributed by atoms with van der Waals surface area (Å²) in [4.78, 5) is 37.6. The summed E-state index contributed by atoms with van der Waals surface area (Å²) < 4.78 is 10.4. The lowest BCUT2D eigenvalue weighted by atomic mass is 10.1. The van der Waals surface area contributed by atoms with Crippen LogP contribution in [0.25, 0.3) is 0 Å². The van der Waals surface area contributed by atoms with Crippen molar-refractivity contribution in [2.24, 2.45) is 0 Å². The SMILES string of the molecule is CCN(CC)C(=O)[C@@H](OC(=O)c1ccc(OC)c([N+](=O)[O-])c1)c1ccccc1. The predicted octanol–water partition coefficient (Wildman–Crippen LogP) is 3.37. The highest BCUT2D eigenvalue weighted by Gasteiger charge is 2.29. The molecular formula is C20H22N2O6. The molecule has 0 bridgehead atoms. The zero-order valence-electron chi connectivity index (χ0n) is 16.0. The molecule has 0 aromatic heterocycles. The van der Waals surface area contributed by atoms with E-state index in [0.29, 0.717) is 18.7 Å². The number of benzene rings is 2. The summed E-state index contributed by atoms with van der Waals surface area (Å²) in [6.07, 6.45) is -1.14. The molecule has 1 amide bonds. The van der Waals surface area contributed by atoms with Gasteiger partial charge in [0.05, 0.1) is 17.6 Å². The van der Waals surface area contributed by atoms with E-state index in [9.17, 15) is 19.7 Å². The first-order chi connectivity index (χ1) is 13.4. The van der Waals surface area contributed by atoms with Gasteiger partial charge in [0.1, 0.15) is 0 Å². The van der Waals surface area contributed by atoms with Gasteiger partial charge < -0.3 is 14.4 Å². The minimum atomic E-state index is -1.14. The zero-order valence-corrected chi connectivity index (χ0v) is 16.0. The largest absolute Gasteiger partial charge is 0.490 e. The molecule has 0 N–H and O–H groups in total. The molecule has 2 aromatic rings. The molecule has 0 radical (unpaired) electrons. The molecule has 0 fully saturated rings. The summed E-state index contributed by atoms with van der Waals surface area (Å²) in [7, 11) is 1.30. The molecule has 2 rings (SSSR count). The number of hydrogen-bond donors (Lipinski definition) is 0. The van der Waals surface area contributed by atoms with Crippen molar-refractivity contribution < 1.29 is 24.0 Å². The fourth-order valence-electron chi connectivity index (χ4n) is 2.72. The fraction of sp³-hybridized carbons (Fsp3) is 0.300. The third-order valence-corrected chi connectivity index (χ3v) is 4.24. The first kappa shape index (κ1) is 20.9. The molecule has 0 aliphatic carbocycles. The van der Waals surface area contributed by atoms with Crippen molar-refractivity contribution in [3.05, 3.63) is 69.8 Å². The molecule has 0 saturated carbocycles. The summed E-state index contributed by atoms with van der Waals surface area (Å²) >= 11 is 0. The van der Waals surface area contributed by atoms with Crippen molar-refractivity contribution in [3.8, 4) is 5.75 Å². The van der Waals surface area contributed by atoms with Gasteiger partial charge in [-0.3, -0.25) is 14.9 Å². The number of rotatable bonds is 8. The highest BCUT2D eigenvalue weighted by molar-refractivity contribution is 5.93. The second-order valence-corrected chi connectivity index (χ2v) is 5.85. The Hall–Kier alpha value is -3.42. The van der Waals surface area contributed by atoms with Crippen LogP contribution in [0, 0.1) is 10.1 Å². The summed E-state index contributed by atoms with van der Waals surface area (Å²) in [5.74, 6) is -1.16. The third-order valence-electron chi connectivity index (χ3n) is 4.24. The minimum absolute atomic E-state index is 0.0281. The number of methoxy groups -OCH3 is 1. The average Bonchev–Trinajstić information content (AvgIpc) is 2.72. The Morgan fingerprint density at radius 3 is 2.29 bits per heavy atom. The number of nitro groups is 1. The van der Waals surface area contributed by atoms with Crippen LogP contribution < -0.4 is 4.74 Å². The van der Waals surface area contributed by atoms with Gasteiger partial charge in [-0.2, -0.15) is 0 Å². The van der Waals surface area contributed by atoms with Crippen LogP contribution >= 0.6 is 0 Å². The number of carbonyl (C=O) groups is 2. The number of esters is 1. The van der Waals surface area contributed by atoms with Crippen molar-refractivity contribution >= 4 is 17.6 Å². The monoisotopic (exact) mass is 386 g/mol. The molecule has 0 aliphatic heterocycles. The second kappa shape index (κ2) is 9.50. The molecule has 0 spiro atoms. The van der Waals surface area contributed by atoms with E-state index in [1.54, 1.807) is 35.2 Å². The van der Waals surface area contributed by atoms with Gasteiger partial charge in [0.25, 0.3) is 5.91 Å². The summed E-state index contributed by atoms with van der Waals surface area (Å²) in [6, 6.07) is 12.4. The van der Waals surface area contributed by atoms with E-state index in [-0.39, 0.29) is 22.9 Å². The first-order valence-corrected chi connectivity index (χ1v) is 8.80. The van der Waals surface area contributed by atoms with Crippen LogP contribution in [-0.2, 0) is 9.53 Å². The van der Waals surface area contributed by atoms with Crippen molar-refractivity contribution in [1.29, 1.82) is 0 Å². The molecule has 0 aliphatic rings. The van der Waals surface area contributed by atoms with Gasteiger partial charge in [-0.1, -0.05) is 30.3 Å². The highest BCUT2D eigenvalue weighted by atomic mass is 16.6. The molecular weight excluding hydrogens is 364 g/mol. The zero-order chi connectivity index (χ0) is 20.7. The summed E-state index contributed by atoms with van der Waals surface area (Å²) in [6.45, 7) is 4.59. The molecule has 1 atom stereocenters. The lowest BCUT2D eigenvalue weighted by Crippen LogP contribution is -2.36. The van der Waals surface area contributed by atoms with Crippen LogP contribution in [0.3, 0.4) is 0 Å². The Labute approximate surface area is 162 Å². The number of likely N-dealkylation sites (N-methyl/N-ethyl adjacent to an activating group) is 1. The van der Waals surface area contributed by atoms with E-state index >= 15 is 0 Å². The van der Waals surface area contributed by atoms with E-state index in [1.807, 2.05) is 13.8 Å². The highest BCUT2D eigenvalue weighted by Crippen LogP contribution is 2.29. The number of amides is 1. The average molecular weight is 386 g/mol. The van der Waals surface area contributed by atoms with Crippen molar-refractivity contribution in [3.63, 3.8) is 0 Å². The Kier molecular flexibility index (Phi) is 7.08. The third kappa shape index (κ3) is 4.64. The second-order valence-electron chi connectivity index (χ2n) is 5.85. The van der Waals surface area contributed by atoms with Crippen LogP contribution in [0.1, 0.15) is 35.9 Å². The van der Waals surface area contributed by atoms with Gasteiger partial charge >= 0.3 is 11.7 Å². The maximum atomic E-state index is 12.9. The van der Waals surface area contributed by atoms with Crippen LogP contribution in [0.4, 0.5) is 5.69 Å². The number of hydrogen-bond acceptors (Lipinski definition) is 6.